The second-order valence-corrected chi connectivity index (χ2v) is 26.5. The number of aliphatic hydroxyl groups is 1. The molecule has 0 saturated carbocycles. The van der Waals surface area contributed by atoms with Gasteiger partial charge in [-0.05, 0) is 63.2 Å². The van der Waals surface area contributed by atoms with Crippen LogP contribution >= 0.6 is 0 Å². The van der Waals surface area contributed by atoms with Crippen LogP contribution in [0.4, 0.5) is 0 Å². The van der Waals surface area contributed by atoms with Crippen LogP contribution in [-0.2, 0) is 113 Å². The summed E-state index contributed by atoms with van der Waals surface area (Å²) in [6, 6.07) is 75.3. The maximum Gasteiger partial charge on any atom is 0.303 e. The molecule has 0 bridgehead atoms. The number of ether oxygens (including phenoxy) is 13. The molecule has 9 aromatic rings. The van der Waals surface area contributed by atoms with Crippen molar-refractivity contribution in [1.82, 2.24) is 9.80 Å². The van der Waals surface area contributed by atoms with Crippen LogP contribution < -0.4 is 0 Å². The predicted octanol–water partition coefficient (Wildman–Crippen LogP) is 11.2. The monoisotopic (exact) mass is 1430 g/mol. The first-order valence-corrected chi connectivity index (χ1v) is 35.5. The van der Waals surface area contributed by atoms with Gasteiger partial charge in [0.25, 0.3) is 23.6 Å². The van der Waals surface area contributed by atoms with Crippen molar-refractivity contribution in [2.75, 3.05) is 19.8 Å². The Morgan fingerprint density at radius 3 is 0.953 bits per heavy atom. The normalized spacial score (nSPS) is 25.7. The Kier molecular flexibility index (Phi) is 24.2. The van der Waals surface area contributed by atoms with Gasteiger partial charge in [0.05, 0.1) is 88.3 Å². The number of carbonyl (C=O) groups excluding carboxylic acids is 5. The summed E-state index contributed by atoms with van der Waals surface area (Å²) >= 11 is 0. The Hall–Kier alpha value is -9.79. The quantitative estimate of drug-likeness (QED) is 0.0314. The van der Waals surface area contributed by atoms with Gasteiger partial charge < -0.3 is 66.7 Å². The lowest BCUT2D eigenvalue weighted by Crippen LogP contribution is -2.71. The molecular formula is C85H82N2O19. The van der Waals surface area contributed by atoms with E-state index in [1.165, 1.54) is 19.1 Å². The fourth-order valence-corrected chi connectivity index (χ4v) is 14.2. The molecule has 1 N–H and O–H groups in total. The summed E-state index contributed by atoms with van der Waals surface area (Å²) in [5, 5.41) is 12.7. The van der Waals surface area contributed by atoms with Crippen molar-refractivity contribution < 1.29 is 90.7 Å². The number of fused-ring (bicyclic) bond motifs is 2. The molecule has 5 aliphatic rings. The van der Waals surface area contributed by atoms with Crippen molar-refractivity contribution >= 4 is 29.6 Å². The molecular weight excluding hydrogens is 1350 g/mol. The molecule has 21 nitrogen and oxygen atoms in total. The molecule has 0 aromatic heterocycles. The number of aliphatic hydroxyl groups excluding tert-OH is 1. The average Bonchev–Trinajstić information content (AvgIpc) is 1.48. The maximum atomic E-state index is 15.8. The van der Waals surface area contributed by atoms with Gasteiger partial charge in [-0.25, -0.2) is 0 Å². The zero-order valence-corrected chi connectivity index (χ0v) is 58.2. The first-order chi connectivity index (χ1) is 52.0. The number of carbonyl (C=O) groups is 5. The first kappa shape index (κ1) is 73.1. The highest BCUT2D eigenvalue weighted by Gasteiger charge is 2.62. The first-order valence-electron chi connectivity index (χ1n) is 35.5. The largest absolute Gasteiger partial charge is 0.454 e. The predicted molar refractivity (Wildman–Crippen MR) is 383 cm³/mol. The highest BCUT2D eigenvalue weighted by molar-refractivity contribution is 6.22. The van der Waals surface area contributed by atoms with Gasteiger partial charge in [0, 0.05) is 6.92 Å². The molecule has 5 heterocycles. The highest BCUT2D eigenvalue weighted by atomic mass is 16.8. The molecule has 4 amide bonds. The van der Waals surface area contributed by atoms with Crippen LogP contribution in [0.2, 0.25) is 0 Å². The number of hydrogen-bond donors (Lipinski definition) is 1. The minimum Gasteiger partial charge on any atom is -0.454 e. The standard InChI is InChI=1S/C85H82N2O19/c1-55(88)101-78-77(100-51-62-39-21-8-22-40-62)72(97-48-59-33-15-5-16-34-59)67(52-94-45-56-27-9-2-10-28-56)104-85(78)106-74-69(54-96-47-58-31-13-4-14-32-58)103-84(71(76(74)99-50-61-37-19-7-20-38-61)87-81(91)65-43-25-26-44-66(65)82(87)92)105-73-68(53-95-46-57-29-11-3-12-30-57)102-83(93)70(75(73)98-49-60-35-17-6-18-36-60)86-79(89)63-41-23-24-42-64(63)80(86)90/h2-44,67-78,83-85,93H,45-54H2,1H3/t67-,68-,69-,70-,71-,72-,73-,74-,75-,76-,77+,78+,83-,84+,85-/m1/s1. The van der Waals surface area contributed by atoms with Gasteiger partial charge in [-0.3, -0.25) is 33.8 Å². The molecule has 3 saturated heterocycles. The van der Waals surface area contributed by atoms with E-state index in [4.69, 9.17) is 61.6 Å². The number of benzene rings is 9. The number of nitrogens with zero attached hydrogens (tertiary/aromatic N) is 2. The second kappa shape index (κ2) is 35.1. The zero-order valence-electron chi connectivity index (χ0n) is 58.2. The Balaban J connectivity index is 0.920. The van der Waals surface area contributed by atoms with Crippen molar-refractivity contribution in [2.45, 2.75) is 145 Å². The van der Waals surface area contributed by atoms with Gasteiger partial charge in [0.1, 0.15) is 67.0 Å². The molecule has 0 unspecified atom stereocenters. The van der Waals surface area contributed by atoms with Crippen LogP contribution in [0.3, 0.4) is 0 Å². The summed E-state index contributed by atoms with van der Waals surface area (Å²) in [6.45, 7) is 0.539. The van der Waals surface area contributed by atoms with E-state index in [1.807, 2.05) is 212 Å². The van der Waals surface area contributed by atoms with Crippen molar-refractivity contribution in [1.29, 1.82) is 0 Å². The van der Waals surface area contributed by atoms with E-state index in [-0.39, 0.29) is 88.3 Å². The minimum absolute atomic E-state index is 0.00897. The fourth-order valence-electron chi connectivity index (χ4n) is 14.2. The van der Waals surface area contributed by atoms with Crippen molar-refractivity contribution in [3.63, 3.8) is 0 Å². The Labute approximate surface area is 614 Å². The topological polar surface area (TPSA) is 232 Å². The van der Waals surface area contributed by atoms with E-state index in [9.17, 15) is 19.5 Å². The van der Waals surface area contributed by atoms with Gasteiger partial charge in [-0.2, -0.15) is 0 Å². The molecule has 9 aromatic carbocycles. The van der Waals surface area contributed by atoms with Gasteiger partial charge >= 0.3 is 5.97 Å². The molecule has 106 heavy (non-hydrogen) atoms. The molecule has 0 radical (unpaired) electrons. The summed E-state index contributed by atoms with van der Waals surface area (Å²) in [6.07, 6.45) is -18.9. The lowest BCUT2D eigenvalue weighted by atomic mass is 9.92. The summed E-state index contributed by atoms with van der Waals surface area (Å²) in [7, 11) is 0. The zero-order chi connectivity index (χ0) is 72.7. The summed E-state index contributed by atoms with van der Waals surface area (Å²) < 4.78 is 91.2. The Bertz CT molecular complexity index is 4290. The molecule has 0 aliphatic carbocycles. The summed E-state index contributed by atoms with van der Waals surface area (Å²) in [5.41, 5.74) is 5.74. The van der Waals surface area contributed by atoms with E-state index in [2.05, 4.69) is 0 Å². The van der Waals surface area contributed by atoms with Crippen LogP contribution in [0.1, 0.15) is 87.3 Å². The third kappa shape index (κ3) is 17.2. The van der Waals surface area contributed by atoms with Crippen molar-refractivity contribution in [3.05, 3.63) is 322 Å². The highest BCUT2D eigenvalue weighted by Crippen LogP contribution is 2.43. The number of imide groups is 2. The van der Waals surface area contributed by atoms with E-state index >= 15 is 9.59 Å². The Morgan fingerprint density at radius 1 is 0.321 bits per heavy atom. The maximum absolute atomic E-state index is 15.8. The Morgan fingerprint density at radius 2 is 0.594 bits per heavy atom. The lowest BCUT2D eigenvalue weighted by molar-refractivity contribution is -0.375. The molecule has 546 valence electrons. The minimum atomic E-state index is -1.93. The SMILES string of the molecule is CC(=O)O[C@@H]1[C@@H](O[C@H]2[C@H](OCc3ccccc3)[C@@H](N3C(=O)c4ccccc4C3=O)[C@H](O[C@H]3[C@H](OCc4ccccc4)[C@@H](N4C(=O)c5ccccc5C4=O)[C@H](O)O[C@@H]3COCc3ccccc3)O[C@@H]2COCc2ccccc2)O[C@H](COCc2ccccc2)[C@@H](OCc2ccccc2)[C@@H]1OCc1ccccc1. The third-order valence-electron chi connectivity index (χ3n) is 19.3. The summed E-state index contributed by atoms with van der Waals surface area (Å²) in [4.78, 5) is 77.4. The van der Waals surface area contributed by atoms with Crippen LogP contribution in [0.25, 0.3) is 0 Å². The van der Waals surface area contributed by atoms with Gasteiger partial charge in [0.15, 0.2) is 25.0 Å². The van der Waals surface area contributed by atoms with Gasteiger partial charge in [-0.1, -0.05) is 237 Å². The smallest absolute Gasteiger partial charge is 0.303 e. The van der Waals surface area contributed by atoms with E-state index < -0.39 is 122 Å². The number of hydrogen-bond acceptors (Lipinski definition) is 19. The molecule has 3 fully saturated rings. The second-order valence-electron chi connectivity index (χ2n) is 26.5. The number of rotatable bonds is 31. The summed E-state index contributed by atoms with van der Waals surface area (Å²) in [5.74, 6) is -3.68. The van der Waals surface area contributed by atoms with Crippen LogP contribution in [0.5, 0.6) is 0 Å². The lowest BCUT2D eigenvalue weighted by Gasteiger charge is -2.53. The van der Waals surface area contributed by atoms with Crippen LogP contribution in [0, 0.1) is 0 Å². The third-order valence-corrected chi connectivity index (χ3v) is 19.3. The molecule has 15 atom stereocenters. The van der Waals surface area contributed by atoms with Crippen molar-refractivity contribution in [2.24, 2.45) is 0 Å². The molecule has 0 spiro atoms. The van der Waals surface area contributed by atoms with Crippen molar-refractivity contribution in [3.8, 4) is 0 Å². The average molecular weight is 1440 g/mol. The molecule has 21 heteroatoms. The molecule has 5 aliphatic heterocycles. The number of esters is 1. The van der Waals surface area contributed by atoms with Crippen LogP contribution in [-0.4, -0.2) is 156 Å². The van der Waals surface area contributed by atoms with Gasteiger partial charge in [-0.15, -0.1) is 0 Å². The molecule has 14 rings (SSSR count). The van der Waals surface area contributed by atoms with E-state index in [1.54, 1.807) is 36.4 Å². The van der Waals surface area contributed by atoms with Gasteiger partial charge in [0.2, 0.25) is 0 Å². The van der Waals surface area contributed by atoms with E-state index in [0.29, 0.717) is 11.1 Å². The van der Waals surface area contributed by atoms with Crippen LogP contribution in [0.15, 0.2) is 261 Å². The van der Waals surface area contributed by atoms with E-state index in [0.717, 1.165) is 37.6 Å². The fraction of sp³-hybridized carbons (Fsp3) is 0.306. The number of amides is 4.